The van der Waals surface area contributed by atoms with E-state index in [1.54, 1.807) is 0 Å². The van der Waals surface area contributed by atoms with Crippen molar-refractivity contribution in [3.05, 3.63) is 11.6 Å². The highest BCUT2D eigenvalue weighted by molar-refractivity contribution is 7.91. The second-order valence-corrected chi connectivity index (χ2v) is 9.16. The van der Waals surface area contributed by atoms with E-state index in [9.17, 15) is 13.2 Å². The van der Waals surface area contributed by atoms with Crippen molar-refractivity contribution in [2.75, 3.05) is 24.6 Å². The molecular weight excluding hydrogens is 316 g/mol. The SMILES string of the molecule is O=C([C@H]1CCS(=O)(=O)C1)N1CCC(c2nnc3n2CCC3)CC1. The second kappa shape index (κ2) is 5.58. The van der Waals surface area contributed by atoms with Gasteiger partial charge in [-0.1, -0.05) is 0 Å². The Morgan fingerprint density at radius 3 is 2.57 bits per heavy atom. The number of likely N-dealkylation sites (tertiary alicyclic amines) is 1. The third-order valence-corrected chi connectivity index (χ3v) is 7.16. The molecule has 0 aliphatic carbocycles. The minimum absolute atomic E-state index is 0.0241. The first-order chi connectivity index (χ1) is 11.0. The summed E-state index contributed by atoms with van der Waals surface area (Å²) in [6, 6.07) is 0. The molecule has 0 bridgehead atoms. The monoisotopic (exact) mass is 338 g/mol. The highest BCUT2D eigenvalue weighted by Crippen LogP contribution is 2.31. The lowest BCUT2D eigenvalue weighted by atomic mass is 9.94. The van der Waals surface area contributed by atoms with E-state index >= 15 is 0 Å². The van der Waals surface area contributed by atoms with Gasteiger partial charge in [-0.3, -0.25) is 4.79 Å². The van der Waals surface area contributed by atoms with Gasteiger partial charge < -0.3 is 9.47 Å². The van der Waals surface area contributed by atoms with Gasteiger partial charge in [0, 0.05) is 32.0 Å². The Morgan fingerprint density at radius 2 is 1.87 bits per heavy atom. The van der Waals surface area contributed by atoms with Gasteiger partial charge in [0.15, 0.2) is 9.84 Å². The molecule has 2 fully saturated rings. The molecule has 4 heterocycles. The van der Waals surface area contributed by atoms with Gasteiger partial charge >= 0.3 is 0 Å². The smallest absolute Gasteiger partial charge is 0.226 e. The lowest BCUT2D eigenvalue weighted by Gasteiger charge is -2.33. The van der Waals surface area contributed by atoms with Crippen molar-refractivity contribution in [2.24, 2.45) is 5.92 Å². The zero-order chi connectivity index (χ0) is 16.0. The number of carbonyl (C=O) groups is 1. The van der Waals surface area contributed by atoms with E-state index < -0.39 is 9.84 Å². The predicted octanol–water partition coefficient (Wildman–Crippen LogP) is 0.365. The topological polar surface area (TPSA) is 85.2 Å². The van der Waals surface area contributed by atoms with Gasteiger partial charge in [0.05, 0.1) is 17.4 Å². The zero-order valence-corrected chi connectivity index (χ0v) is 14.0. The first-order valence-electron chi connectivity index (χ1n) is 8.45. The van der Waals surface area contributed by atoms with Crippen LogP contribution in [0.15, 0.2) is 0 Å². The number of rotatable bonds is 2. The fourth-order valence-corrected chi connectivity index (χ4v) is 5.81. The van der Waals surface area contributed by atoms with Crippen molar-refractivity contribution >= 4 is 15.7 Å². The van der Waals surface area contributed by atoms with Crippen molar-refractivity contribution < 1.29 is 13.2 Å². The fraction of sp³-hybridized carbons (Fsp3) is 0.800. The maximum absolute atomic E-state index is 12.5. The highest BCUT2D eigenvalue weighted by atomic mass is 32.2. The summed E-state index contributed by atoms with van der Waals surface area (Å²) in [4.78, 5) is 14.3. The van der Waals surface area contributed by atoms with Crippen LogP contribution in [0.4, 0.5) is 0 Å². The largest absolute Gasteiger partial charge is 0.342 e. The molecule has 0 aromatic carbocycles. The summed E-state index contributed by atoms with van der Waals surface area (Å²) in [5.41, 5.74) is 0. The molecular formula is C15H22N4O3S. The Morgan fingerprint density at radius 1 is 1.09 bits per heavy atom. The summed E-state index contributed by atoms with van der Waals surface area (Å²) in [6.07, 6.45) is 4.43. The molecule has 0 saturated carbocycles. The molecule has 1 aromatic heterocycles. The molecule has 1 aromatic rings. The minimum Gasteiger partial charge on any atom is -0.342 e. The van der Waals surface area contributed by atoms with Crippen LogP contribution in [0, 0.1) is 5.92 Å². The van der Waals surface area contributed by atoms with Crippen molar-refractivity contribution in [1.82, 2.24) is 19.7 Å². The van der Waals surface area contributed by atoms with Gasteiger partial charge in [0.2, 0.25) is 5.91 Å². The molecule has 0 N–H and O–H groups in total. The summed E-state index contributed by atoms with van der Waals surface area (Å²) in [6.45, 7) is 2.40. The van der Waals surface area contributed by atoms with E-state index in [0.29, 0.717) is 25.4 Å². The van der Waals surface area contributed by atoms with Crippen molar-refractivity contribution in [3.63, 3.8) is 0 Å². The number of nitrogens with zero attached hydrogens (tertiary/aromatic N) is 4. The maximum Gasteiger partial charge on any atom is 0.226 e. The summed E-state index contributed by atoms with van der Waals surface area (Å²) >= 11 is 0. The van der Waals surface area contributed by atoms with E-state index in [-0.39, 0.29) is 23.3 Å². The molecule has 23 heavy (non-hydrogen) atoms. The van der Waals surface area contributed by atoms with Crippen LogP contribution < -0.4 is 0 Å². The maximum atomic E-state index is 12.5. The molecule has 3 aliphatic heterocycles. The summed E-state index contributed by atoms with van der Waals surface area (Å²) in [7, 11) is -3.00. The van der Waals surface area contributed by atoms with Crippen LogP contribution in [0.25, 0.3) is 0 Å². The number of aromatic nitrogens is 3. The van der Waals surface area contributed by atoms with Gasteiger partial charge in [0.1, 0.15) is 11.6 Å². The molecule has 0 unspecified atom stereocenters. The molecule has 0 spiro atoms. The predicted molar refractivity (Wildman–Crippen MR) is 83.7 cm³/mol. The van der Waals surface area contributed by atoms with Gasteiger partial charge in [-0.05, 0) is 25.7 Å². The Labute approximate surface area is 136 Å². The number of aryl methyl sites for hydroxylation is 1. The molecule has 1 atom stereocenters. The van der Waals surface area contributed by atoms with Crippen LogP contribution >= 0.6 is 0 Å². The Hall–Kier alpha value is -1.44. The molecule has 8 heteroatoms. The third-order valence-electron chi connectivity index (χ3n) is 5.39. The third kappa shape index (κ3) is 2.77. The van der Waals surface area contributed by atoms with Gasteiger partial charge in [0.25, 0.3) is 0 Å². The van der Waals surface area contributed by atoms with Crippen molar-refractivity contribution in [3.8, 4) is 0 Å². The number of amides is 1. The summed E-state index contributed by atoms with van der Waals surface area (Å²) in [5.74, 6) is 2.42. The first kappa shape index (κ1) is 15.1. The lowest BCUT2D eigenvalue weighted by Crippen LogP contribution is -2.42. The second-order valence-electron chi connectivity index (χ2n) is 6.93. The first-order valence-corrected chi connectivity index (χ1v) is 10.3. The molecule has 0 radical (unpaired) electrons. The number of hydrogen-bond acceptors (Lipinski definition) is 5. The average Bonchev–Trinajstić information content (AvgIpc) is 3.21. The Balaban J connectivity index is 1.38. The van der Waals surface area contributed by atoms with Crippen LogP contribution in [-0.4, -0.2) is 58.6 Å². The number of carbonyl (C=O) groups excluding carboxylic acids is 1. The van der Waals surface area contributed by atoms with Crippen LogP contribution in [0.2, 0.25) is 0 Å². The van der Waals surface area contributed by atoms with Gasteiger partial charge in [-0.15, -0.1) is 10.2 Å². The minimum atomic E-state index is -3.00. The highest BCUT2D eigenvalue weighted by Gasteiger charge is 2.37. The molecule has 3 aliphatic rings. The number of sulfone groups is 1. The van der Waals surface area contributed by atoms with E-state index in [1.165, 1.54) is 0 Å². The van der Waals surface area contributed by atoms with Crippen LogP contribution in [-0.2, 0) is 27.6 Å². The molecule has 126 valence electrons. The van der Waals surface area contributed by atoms with E-state index in [2.05, 4.69) is 14.8 Å². The van der Waals surface area contributed by atoms with Crippen LogP contribution in [0.3, 0.4) is 0 Å². The average molecular weight is 338 g/mol. The van der Waals surface area contributed by atoms with Crippen molar-refractivity contribution in [2.45, 2.75) is 44.6 Å². The fourth-order valence-electron chi connectivity index (χ4n) is 4.08. The van der Waals surface area contributed by atoms with E-state index in [4.69, 9.17) is 0 Å². The standard InChI is InChI=1S/C15H22N4O3S/c20-15(12-5-9-23(21,22)10-12)18-7-3-11(4-8-18)14-17-16-13-2-1-6-19(13)14/h11-12H,1-10H2/t12-/m0/s1. The van der Waals surface area contributed by atoms with E-state index in [0.717, 1.165) is 43.9 Å². The summed E-state index contributed by atoms with van der Waals surface area (Å²) < 4.78 is 25.4. The zero-order valence-electron chi connectivity index (χ0n) is 13.1. The van der Waals surface area contributed by atoms with Crippen molar-refractivity contribution in [1.29, 1.82) is 0 Å². The van der Waals surface area contributed by atoms with Crippen LogP contribution in [0.1, 0.15) is 43.3 Å². The van der Waals surface area contributed by atoms with Crippen LogP contribution in [0.5, 0.6) is 0 Å². The molecule has 4 rings (SSSR count). The lowest BCUT2D eigenvalue weighted by molar-refractivity contribution is -0.135. The quantitative estimate of drug-likeness (QED) is 0.777. The summed E-state index contributed by atoms with van der Waals surface area (Å²) in [5, 5.41) is 8.63. The number of piperidine rings is 1. The number of hydrogen-bond donors (Lipinski definition) is 0. The molecule has 2 saturated heterocycles. The van der Waals surface area contributed by atoms with Gasteiger partial charge in [-0.2, -0.15) is 0 Å². The Bertz CT molecular complexity index is 719. The normalized spacial score (nSPS) is 27.3. The van der Waals surface area contributed by atoms with E-state index in [1.807, 2.05) is 4.90 Å². The molecule has 1 amide bonds. The Kier molecular flexibility index (Phi) is 3.66. The van der Waals surface area contributed by atoms with Gasteiger partial charge in [-0.25, -0.2) is 8.42 Å². The number of fused-ring (bicyclic) bond motifs is 1. The molecule has 7 nitrogen and oxygen atoms in total.